The second-order valence-corrected chi connectivity index (χ2v) is 9.75. The van der Waals surface area contributed by atoms with Crippen LogP contribution in [0.4, 0.5) is 13.2 Å². The number of rotatable bonds is 7. The van der Waals surface area contributed by atoms with E-state index >= 15 is 0 Å². The lowest BCUT2D eigenvalue weighted by Crippen LogP contribution is -2.34. The first-order chi connectivity index (χ1) is 17.9. The molecule has 0 aliphatic carbocycles. The molecule has 10 heteroatoms. The molecule has 38 heavy (non-hydrogen) atoms. The van der Waals surface area contributed by atoms with Crippen LogP contribution in [0.25, 0.3) is 27.8 Å². The fourth-order valence-electron chi connectivity index (χ4n) is 4.63. The van der Waals surface area contributed by atoms with E-state index in [9.17, 15) is 23.1 Å². The molecule has 0 saturated heterocycles. The summed E-state index contributed by atoms with van der Waals surface area (Å²) in [6.45, 7) is 6.86. The first-order valence-corrected chi connectivity index (χ1v) is 12.2. The lowest BCUT2D eigenvalue weighted by atomic mass is 9.96. The normalized spacial score (nSPS) is 12.9. The molecule has 0 aliphatic rings. The highest BCUT2D eigenvalue weighted by molar-refractivity contribution is 5.86. The molecule has 0 fully saturated rings. The van der Waals surface area contributed by atoms with E-state index in [0.29, 0.717) is 24.7 Å². The van der Waals surface area contributed by atoms with Gasteiger partial charge >= 0.3 is 6.18 Å². The minimum Gasteiger partial charge on any atom is -0.508 e. The van der Waals surface area contributed by atoms with Crippen molar-refractivity contribution in [1.82, 2.24) is 19.4 Å². The van der Waals surface area contributed by atoms with Gasteiger partial charge in [-0.15, -0.1) is 0 Å². The highest BCUT2D eigenvalue weighted by atomic mass is 19.4. The number of phenolic OH excluding ortho intramolecular Hbond substituents is 1. The Labute approximate surface area is 218 Å². The van der Waals surface area contributed by atoms with E-state index in [0.717, 1.165) is 51.7 Å². The van der Waals surface area contributed by atoms with Gasteiger partial charge in [0.25, 0.3) is 5.56 Å². The standard InChI is InChI=1S/C28H30F3N5O2/c1-5-20(32)13-35(4)14-24-23(18-7-16(2)6-17(3)8-18)12-33-26-25(24)27(38)36(15-34-26)21-9-19(28(29,30)31)10-22(37)11-21/h6-12,15,20,37H,5,13-14,32H2,1-4H3/t20-/m0/s1. The second kappa shape index (κ2) is 10.5. The van der Waals surface area contributed by atoms with Gasteiger partial charge in [-0.1, -0.05) is 36.2 Å². The van der Waals surface area contributed by atoms with Gasteiger partial charge in [0.2, 0.25) is 0 Å². The Hall–Kier alpha value is -3.76. The third-order valence-electron chi connectivity index (χ3n) is 6.43. The molecule has 0 aliphatic heterocycles. The third kappa shape index (κ3) is 5.71. The maximum Gasteiger partial charge on any atom is 0.416 e. The Morgan fingerprint density at radius 3 is 2.39 bits per heavy atom. The summed E-state index contributed by atoms with van der Waals surface area (Å²) in [5.41, 5.74) is 8.86. The van der Waals surface area contributed by atoms with Gasteiger partial charge in [-0.3, -0.25) is 9.36 Å². The van der Waals surface area contributed by atoms with Crippen LogP contribution in [0.1, 0.15) is 35.6 Å². The van der Waals surface area contributed by atoms with Crippen molar-refractivity contribution < 1.29 is 18.3 Å². The smallest absolute Gasteiger partial charge is 0.416 e. The Morgan fingerprint density at radius 1 is 1.08 bits per heavy atom. The maximum absolute atomic E-state index is 13.9. The van der Waals surface area contributed by atoms with Crippen LogP contribution in [0.3, 0.4) is 0 Å². The molecule has 0 spiro atoms. The molecule has 4 aromatic rings. The van der Waals surface area contributed by atoms with Crippen LogP contribution in [-0.2, 0) is 12.7 Å². The first kappa shape index (κ1) is 27.3. The Kier molecular flexibility index (Phi) is 7.57. The molecular formula is C28H30F3N5O2. The number of aromatic hydroxyl groups is 1. The number of hydrogen-bond acceptors (Lipinski definition) is 6. The highest BCUT2D eigenvalue weighted by Gasteiger charge is 2.31. The number of benzene rings is 2. The lowest BCUT2D eigenvalue weighted by molar-refractivity contribution is -0.137. The number of likely N-dealkylation sites (N-methyl/N-ethyl adjacent to an activating group) is 1. The number of fused-ring (bicyclic) bond motifs is 1. The van der Waals surface area contributed by atoms with E-state index in [1.54, 1.807) is 6.20 Å². The average molecular weight is 526 g/mol. The minimum absolute atomic E-state index is 0.0689. The molecule has 0 amide bonds. The number of phenols is 1. The molecule has 0 radical (unpaired) electrons. The van der Waals surface area contributed by atoms with E-state index in [1.165, 1.54) is 0 Å². The summed E-state index contributed by atoms with van der Waals surface area (Å²) in [6, 6.07) is 8.48. The van der Waals surface area contributed by atoms with E-state index in [4.69, 9.17) is 5.73 Å². The summed E-state index contributed by atoms with van der Waals surface area (Å²) in [4.78, 5) is 24.6. The van der Waals surface area contributed by atoms with Crippen molar-refractivity contribution in [1.29, 1.82) is 0 Å². The number of pyridine rings is 1. The molecule has 0 bridgehead atoms. The topological polar surface area (TPSA) is 97.3 Å². The number of alkyl halides is 3. The van der Waals surface area contributed by atoms with Crippen LogP contribution in [0.5, 0.6) is 5.75 Å². The zero-order chi connectivity index (χ0) is 27.8. The van der Waals surface area contributed by atoms with Crippen LogP contribution in [0, 0.1) is 13.8 Å². The Bertz CT molecular complexity index is 1530. The molecule has 1 atom stereocenters. The van der Waals surface area contributed by atoms with Crippen molar-refractivity contribution in [3.8, 4) is 22.6 Å². The number of nitrogens with two attached hydrogens (primary N) is 1. The van der Waals surface area contributed by atoms with Crippen LogP contribution < -0.4 is 11.3 Å². The van der Waals surface area contributed by atoms with Gasteiger partial charge in [0.1, 0.15) is 12.1 Å². The fourth-order valence-corrected chi connectivity index (χ4v) is 4.63. The van der Waals surface area contributed by atoms with Crippen molar-refractivity contribution in [2.24, 2.45) is 5.73 Å². The molecule has 4 rings (SSSR count). The predicted molar refractivity (Wildman–Crippen MR) is 141 cm³/mol. The van der Waals surface area contributed by atoms with E-state index in [-0.39, 0.29) is 22.8 Å². The second-order valence-electron chi connectivity index (χ2n) is 9.75. The molecule has 2 aromatic heterocycles. The largest absolute Gasteiger partial charge is 0.508 e. The van der Waals surface area contributed by atoms with Crippen LogP contribution >= 0.6 is 0 Å². The zero-order valence-corrected chi connectivity index (χ0v) is 21.7. The molecule has 2 heterocycles. The van der Waals surface area contributed by atoms with Crippen molar-refractivity contribution in [2.45, 2.75) is 46.0 Å². The summed E-state index contributed by atoms with van der Waals surface area (Å²) >= 11 is 0. The van der Waals surface area contributed by atoms with Crippen LogP contribution in [0.2, 0.25) is 0 Å². The number of nitrogens with zero attached hydrogens (tertiary/aromatic N) is 4. The van der Waals surface area contributed by atoms with E-state index in [2.05, 4.69) is 9.97 Å². The highest BCUT2D eigenvalue weighted by Crippen LogP contribution is 2.34. The number of hydrogen-bond donors (Lipinski definition) is 2. The van der Waals surface area contributed by atoms with Crippen molar-refractivity contribution in [3.63, 3.8) is 0 Å². The monoisotopic (exact) mass is 525 g/mol. The predicted octanol–water partition coefficient (Wildman–Crippen LogP) is 4.96. The van der Waals surface area contributed by atoms with Gasteiger partial charge in [-0.2, -0.15) is 13.2 Å². The van der Waals surface area contributed by atoms with Gasteiger partial charge in [-0.25, -0.2) is 9.97 Å². The van der Waals surface area contributed by atoms with Crippen molar-refractivity contribution in [2.75, 3.05) is 13.6 Å². The zero-order valence-electron chi connectivity index (χ0n) is 21.7. The first-order valence-electron chi connectivity index (χ1n) is 12.2. The summed E-state index contributed by atoms with van der Waals surface area (Å²) in [7, 11) is 1.90. The summed E-state index contributed by atoms with van der Waals surface area (Å²) in [5, 5.41) is 10.2. The number of halogens is 3. The van der Waals surface area contributed by atoms with Gasteiger partial charge < -0.3 is 15.7 Å². The minimum atomic E-state index is -4.70. The van der Waals surface area contributed by atoms with E-state index < -0.39 is 23.0 Å². The summed E-state index contributed by atoms with van der Waals surface area (Å²) in [5.74, 6) is -0.613. The fraction of sp³-hybridized carbons (Fsp3) is 0.321. The van der Waals surface area contributed by atoms with E-state index in [1.807, 2.05) is 50.9 Å². The molecule has 200 valence electrons. The van der Waals surface area contributed by atoms with Crippen LogP contribution in [0.15, 0.2) is 53.7 Å². The molecular weight excluding hydrogens is 495 g/mol. The van der Waals surface area contributed by atoms with Gasteiger partial charge in [0.15, 0.2) is 5.65 Å². The maximum atomic E-state index is 13.9. The molecule has 3 N–H and O–H groups in total. The summed E-state index contributed by atoms with van der Waals surface area (Å²) in [6.07, 6.45) is -1.13. The van der Waals surface area contributed by atoms with Crippen molar-refractivity contribution >= 4 is 11.0 Å². The molecule has 0 unspecified atom stereocenters. The van der Waals surface area contributed by atoms with Gasteiger partial charge in [-0.05, 0) is 50.6 Å². The van der Waals surface area contributed by atoms with Gasteiger partial charge in [0.05, 0.1) is 16.6 Å². The molecule has 2 aromatic carbocycles. The van der Waals surface area contributed by atoms with Crippen molar-refractivity contribution in [3.05, 3.63) is 81.5 Å². The molecule has 7 nitrogen and oxygen atoms in total. The third-order valence-corrected chi connectivity index (χ3v) is 6.43. The average Bonchev–Trinajstić information content (AvgIpc) is 2.82. The SMILES string of the molecule is CC[C@H](N)CN(C)Cc1c(-c2cc(C)cc(C)c2)cnc2ncn(-c3cc(O)cc(C(F)(F)F)c3)c(=O)c12. The Balaban J connectivity index is 1.99. The van der Waals surface area contributed by atoms with Gasteiger partial charge in [0, 0.05) is 37.0 Å². The number of aryl methyl sites for hydroxylation is 2. The molecule has 0 saturated carbocycles. The quantitative estimate of drug-likeness (QED) is 0.354. The Morgan fingerprint density at radius 2 is 1.76 bits per heavy atom. The number of aromatic nitrogens is 3. The summed E-state index contributed by atoms with van der Waals surface area (Å²) < 4.78 is 41.3. The lowest BCUT2D eigenvalue weighted by Gasteiger charge is -2.23. The van der Waals surface area contributed by atoms with Crippen LogP contribution in [-0.4, -0.2) is 44.2 Å².